The summed E-state index contributed by atoms with van der Waals surface area (Å²) in [6.45, 7) is 1.99. The predicted octanol–water partition coefficient (Wildman–Crippen LogP) is 2.46. The van der Waals surface area contributed by atoms with Gasteiger partial charge >= 0.3 is 0 Å². The Labute approximate surface area is 206 Å². The molecule has 0 spiro atoms. The molecule has 0 unspecified atom stereocenters. The summed E-state index contributed by atoms with van der Waals surface area (Å²) in [6, 6.07) is -0.679. The van der Waals surface area contributed by atoms with Crippen LogP contribution in [0.2, 0.25) is 0 Å². The molecule has 0 aromatic carbocycles. The fourth-order valence-electron chi connectivity index (χ4n) is 5.38. The summed E-state index contributed by atoms with van der Waals surface area (Å²) in [4.78, 5) is 54.2. The van der Waals surface area contributed by atoms with E-state index in [1.54, 1.807) is 24.2 Å². The Morgan fingerprint density at radius 2 is 1.94 bits per heavy atom. The van der Waals surface area contributed by atoms with Gasteiger partial charge in [0.15, 0.2) is 10.8 Å². The standard InChI is InChI=1S/C23H26ClN5O4S/c1-11-26-7-13(8-27-11)20-17(28-22(34-20)21(25)31)16(12-5-3-2-4-6-12)23(32)29-9-14(24)19-18(29)15(30)10-33-19/h7-8,12,14,16,18-19H,2-6,9-10H2,1H3,(H2,25,31)/t14-,16-,18+,19+/m0/s1. The van der Waals surface area contributed by atoms with E-state index in [2.05, 4.69) is 15.0 Å². The molecule has 9 nitrogen and oxygen atoms in total. The van der Waals surface area contributed by atoms with E-state index >= 15 is 0 Å². The summed E-state index contributed by atoms with van der Waals surface area (Å²) >= 11 is 7.62. The van der Waals surface area contributed by atoms with E-state index in [0.29, 0.717) is 22.0 Å². The van der Waals surface area contributed by atoms with Crippen molar-refractivity contribution >= 4 is 40.5 Å². The number of likely N-dealkylation sites (tertiary alicyclic amines) is 1. The van der Waals surface area contributed by atoms with Crippen LogP contribution in [0.15, 0.2) is 12.4 Å². The van der Waals surface area contributed by atoms with Gasteiger partial charge in [-0.3, -0.25) is 14.4 Å². The van der Waals surface area contributed by atoms with Gasteiger partial charge in [0.2, 0.25) is 5.91 Å². The summed E-state index contributed by atoms with van der Waals surface area (Å²) in [7, 11) is 0. The van der Waals surface area contributed by atoms with E-state index in [-0.39, 0.29) is 35.8 Å². The third-order valence-electron chi connectivity index (χ3n) is 6.99. The maximum atomic E-state index is 14.2. The van der Waals surface area contributed by atoms with Crippen LogP contribution in [0.4, 0.5) is 0 Å². The van der Waals surface area contributed by atoms with Crippen LogP contribution in [0.3, 0.4) is 0 Å². The fourth-order valence-corrected chi connectivity index (χ4v) is 6.67. The normalized spacial score (nSPS) is 26.0. The van der Waals surface area contributed by atoms with Crippen molar-refractivity contribution in [1.82, 2.24) is 19.9 Å². The first-order chi connectivity index (χ1) is 16.3. The molecule has 0 bridgehead atoms. The molecule has 2 aromatic rings. The van der Waals surface area contributed by atoms with E-state index in [1.165, 1.54) is 0 Å². The lowest BCUT2D eigenvalue weighted by molar-refractivity contribution is -0.139. The third kappa shape index (κ3) is 4.12. The third-order valence-corrected chi connectivity index (χ3v) is 8.52. The number of thiazole rings is 1. The Kier molecular flexibility index (Phi) is 6.39. The lowest BCUT2D eigenvalue weighted by Crippen LogP contribution is -2.45. The fraction of sp³-hybridized carbons (Fsp3) is 0.565. The largest absolute Gasteiger partial charge is 0.366 e. The van der Waals surface area contributed by atoms with Crippen molar-refractivity contribution in [1.29, 1.82) is 0 Å². The first-order valence-electron chi connectivity index (χ1n) is 11.5. The van der Waals surface area contributed by atoms with E-state index < -0.39 is 29.3 Å². The van der Waals surface area contributed by atoms with Crippen molar-refractivity contribution in [2.24, 2.45) is 11.7 Å². The van der Waals surface area contributed by atoms with Crippen molar-refractivity contribution in [3.63, 3.8) is 0 Å². The van der Waals surface area contributed by atoms with Gasteiger partial charge in [0, 0.05) is 24.5 Å². The number of ketones is 1. The first kappa shape index (κ1) is 23.3. The molecule has 3 fully saturated rings. The van der Waals surface area contributed by atoms with Crippen LogP contribution < -0.4 is 5.73 Å². The van der Waals surface area contributed by atoms with Crippen molar-refractivity contribution < 1.29 is 19.1 Å². The number of alkyl halides is 1. The molecular weight excluding hydrogens is 478 g/mol. The number of nitrogens with zero attached hydrogens (tertiary/aromatic N) is 4. The monoisotopic (exact) mass is 503 g/mol. The van der Waals surface area contributed by atoms with Crippen LogP contribution in [0.1, 0.15) is 59.3 Å². The lowest BCUT2D eigenvalue weighted by atomic mass is 9.77. The summed E-state index contributed by atoms with van der Waals surface area (Å²) in [5.74, 6) is -0.967. The molecule has 1 aliphatic carbocycles. The molecule has 2 aliphatic heterocycles. The second-order valence-electron chi connectivity index (χ2n) is 9.19. The number of primary amides is 1. The highest BCUT2D eigenvalue weighted by Crippen LogP contribution is 2.44. The minimum Gasteiger partial charge on any atom is -0.366 e. The zero-order valence-electron chi connectivity index (χ0n) is 18.8. The number of aryl methyl sites for hydroxylation is 1. The SMILES string of the molecule is Cc1ncc(-c2sc(C(N)=O)nc2[C@@H](C(=O)N2C[C@H](Cl)[C@H]3OCC(=O)[C@H]32)C2CCCCC2)cn1. The average Bonchev–Trinajstić information content (AvgIpc) is 3.52. The molecule has 0 radical (unpaired) electrons. The van der Waals surface area contributed by atoms with Crippen LogP contribution in [0, 0.1) is 12.8 Å². The van der Waals surface area contributed by atoms with Crippen LogP contribution >= 0.6 is 22.9 Å². The van der Waals surface area contributed by atoms with Gasteiger partial charge in [-0.1, -0.05) is 19.3 Å². The quantitative estimate of drug-likeness (QED) is 0.620. The molecule has 34 heavy (non-hydrogen) atoms. The van der Waals surface area contributed by atoms with Gasteiger partial charge < -0.3 is 15.4 Å². The van der Waals surface area contributed by atoms with E-state index in [4.69, 9.17) is 22.1 Å². The van der Waals surface area contributed by atoms with Gasteiger partial charge in [-0.25, -0.2) is 15.0 Å². The average molecular weight is 504 g/mol. The summed E-state index contributed by atoms with van der Waals surface area (Å²) < 4.78 is 5.59. The number of amides is 2. The van der Waals surface area contributed by atoms with Crippen molar-refractivity contribution in [2.75, 3.05) is 13.2 Å². The number of halogens is 1. The molecule has 4 atom stereocenters. The van der Waals surface area contributed by atoms with Gasteiger partial charge in [0.05, 0.1) is 21.9 Å². The molecule has 11 heteroatoms. The second-order valence-corrected chi connectivity index (χ2v) is 10.7. The number of fused-ring (bicyclic) bond motifs is 1. The maximum absolute atomic E-state index is 14.2. The number of carbonyl (C=O) groups excluding carboxylic acids is 3. The Bertz CT molecular complexity index is 1120. The summed E-state index contributed by atoms with van der Waals surface area (Å²) in [6.07, 6.45) is 7.70. The van der Waals surface area contributed by atoms with Gasteiger partial charge in [-0.05, 0) is 25.7 Å². The van der Waals surface area contributed by atoms with Gasteiger partial charge in [0.1, 0.15) is 24.6 Å². The number of hydrogen-bond donors (Lipinski definition) is 1. The molecular formula is C23H26ClN5O4S. The lowest BCUT2D eigenvalue weighted by Gasteiger charge is -2.33. The highest BCUT2D eigenvalue weighted by atomic mass is 35.5. The molecule has 4 heterocycles. The van der Waals surface area contributed by atoms with Gasteiger partial charge in [-0.2, -0.15) is 0 Å². The minimum absolute atomic E-state index is 0.0273. The minimum atomic E-state index is -0.679. The smallest absolute Gasteiger partial charge is 0.277 e. The number of ether oxygens (including phenoxy) is 1. The van der Waals surface area contributed by atoms with Crippen molar-refractivity contribution in [3.8, 4) is 10.4 Å². The second kappa shape index (κ2) is 9.31. The number of rotatable bonds is 5. The number of aromatic nitrogens is 3. The first-order valence-corrected chi connectivity index (χ1v) is 12.8. The Morgan fingerprint density at radius 3 is 2.62 bits per heavy atom. The van der Waals surface area contributed by atoms with Gasteiger partial charge in [0.25, 0.3) is 5.91 Å². The zero-order valence-corrected chi connectivity index (χ0v) is 20.3. The molecule has 2 aromatic heterocycles. The number of carbonyl (C=O) groups is 3. The van der Waals surface area contributed by atoms with Crippen LogP contribution in [-0.2, 0) is 14.3 Å². The van der Waals surface area contributed by atoms with E-state index in [0.717, 1.165) is 43.4 Å². The van der Waals surface area contributed by atoms with Gasteiger partial charge in [-0.15, -0.1) is 22.9 Å². The Morgan fingerprint density at radius 1 is 1.24 bits per heavy atom. The molecule has 2 amide bonds. The summed E-state index contributed by atoms with van der Waals surface area (Å²) in [5, 5.41) is -0.317. The molecule has 1 saturated carbocycles. The predicted molar refractivity (Wildman–Crippen MR) is 126 cm³/mol. The number of Topliss-reactive ketones (excluding diaryl/α,β-unsaturated/α-hetero) is 1. The molecule has 3 aliphatic rings. The number of nitrogens with two attached hydrogens (primary N) is 1. The van der Waals surface area contributed by atoms with Crippen molar-refractivity contribution in [3.05, 3.63) is 28.9 Å². The van der Waals surface area contributed by atoms with E-state index in [9.17, 15) is 14.4 Å². The topological polar surface area (TPSA) is 128 Å². The van der Waals surface area contributed by atoms with Crippen LogP contribution in [0.5, 0.6) is 0 Å². The molecule has 5 rings (SSSR count). The molecule has 180 valence electrons. The molecule has 2 N–H and O–H groups in total. The number of hydrogen-bond acceptors (Lipinski definition) is 8. The molecule has 2 saturated heterocycles. The van der Waals surface area contributed by atoms with Crippen LogP contribution in [-0.4, -0.2) is 68.1 Å². The van der Waals surface area contributed by atoms with Crippen LogP contribution in [0.25, 0.3) is 10.4 Å². The van der Waals surface area contributed by atoms with Crippen molar-refractivity contribution in [2.45, 2.75) is 62.5 Å². The zero-order chi connectivity index (χ0) is 24.0. The highest BCUT2D eigenvalue weighted by Gasteiger charge is 2.53. The Balaban J connectivity index is 1.60. The highest BCUT2D eigenvalue weighted by molar-refractivity contribution is 7.17. The Hall–Kier alpha value is -2.43. The summed E-state index contributed by atoms with van der Waals surface area (Å²) in [5.41, 5.74) is 6.76. The van der Waals surface area contributed by atoms with E-state index in [1.807, 2.05) is 0 Å². The maximum Gasteiger partial charge on any atom is 0.277 e.